The summed E-state index contributed by atoms with van der Waals surface area (Å²) in [6.07, 6.45) is 3.99. The quantitative estimate of drug-likeness (QED) is 0.761. The minimum absolute atomic E-state index is 0.133. The highest BCUT2D eigenvalue weighted by atomic mass is 16.5. The molecule has 1 N–H and O–H groups in total. The average Bonchev–Trinajstić information content (AvgIpc) is 3.10. The number of hydrogen-bond donors (Lipinski definition) is 1. The fraction of sp³-hybridized carbons (Fsp3) is 0.318. The van der Waals surface area contributed by atoms with Crippen LogP contribution in [0.4, 0.5) is 5.69 Å². The van der Waals surface area contributed by atoms with Crippen molar-refractivity contribution < 1.29 is 9.53 Å². The van der Waals surface area contributed by atoms with Gasteiger partial charge >= 0.3 is 0 Å². The third kappa shape index (κ3) is 2.57. The lowest BCUT2D eigenvalue weighted by Crippen LogP contribution is -2.45. The molecule has 26 heavy (non-hydrogen) atoms. The summed E-state index contributed by atoms with van der Waals surface area (Å²) in [5, 5.41) is 1.04. The van der Waals surface area contributed by atoms with E-state index >= 15 is 0 Å². The number of aromatic nitrogens is 1. The molecule has 4 heteroatoms. The van der Waals surface area contributed by atoms with Crippen LogP contribution < -0.4 is 9.64 Å². The van der Waals surface area contributed by atoms with Gasteiger partial charge in [-0.05, 0) is 62.1 Å². The zero-order chi connectivity index (χ0) is 18.3. The van der Waals surface area contributed by atoms with E-state index in [2.05, 4.69) is 17.1 Å². The molecule has 134 valence electrons. The van der Waals surface area contributed by atoms with Gasteiger partial charge in [0.2, 0.25) is 5.91 Å². The Morgan fingerprint density at radius 3 is 2.81 bits per heavy atom. The number of carbonyl (C=O) groups is 1. The van der Waals surface area contributed by atoms with E-state index < -0.39 is 5.41 Å². The maximum absolute atomic E-state index is 13.6. The summed E-state index contributed by atoms with van der Waals surface area (Å²) in [6.45, 7) is 4.79. The zero-order valence-electron chi connectivity index (χ0n) is 15.5. The van der Waals surface area contributed by atoms with Crippen LogP contribution in [-0.2, 0) is 16.6 Å². The smallest absolute Gasteiger partial charge is 0.237 e. The number of ether oxygens (including phenoxy) is 1. The van der Waals surface area contributed by atoms with Gasteiger partial charge in [-0.1, -0.05) is 18.2 Å². The van der Waals surface area contributed by atoms with Crippen molar-refractivity contribution in [1.82, 2.24) is 4.98 Å². The Bertz CT molecular complexity index is 971. The van der Waals surface area contributed by atoms with Gasteiger partial charge in [0.05, 0.1) is 12.5 Å². The normalized spacial score (nSPS) is 14.3. The first-order valence-electron chi connectivity index (χ1n) is 9.08. The minimum atomic E-state index is -0.644. The van der Waals surface area contributed by atoms with Crippen molar-refractivity contribution in [3.05, 3.63) is 59.8 Å². The number of H-pyrrole nitrogens is 1. The standard InChI is InChI=1S/C22H24N2O2/c1-22(2,18-14-23-19-11-10-16(26-3)13-17(18)19)21(25)24-12-6-8-15-7-4-5-9-20(15)24/h4-5,7,9-11,13-14,23H,6,8,12H2,1-3H3. The first-order chi connectivity index (χ1) is 12.5. The predicted octanol–water partition coefficient (Wildman–Crippen LogP) is 4.43. The molecule has 1 aromatic heterocycles. The molecule has 4 nitrogen and oxygen atoms in total. The summed E-state index contributed by atoms with van der Waals surface area (Å²) in [5.74, 6) is 0.929. The molecule has 0 bridgehead atoms. The maximum Gasteiger partial charge on any atom is 0.237 e. The molecule has 1 amide bonds. The van der Waals surface area contributed by atoms with E-state index in [0.717, 1.165) is 47.3 Å². The molecular weight excluding hydrogens is 324 g/mol. The Kier molecular flexibility index (Phi) is 3.98. The van der Waals surface area contributed by atoms with E-state index in [1.54, 1.807) is 7.11 Å². The Balaban J connectivity index is 1.77. The molecule has 0 unspecified atom stereocenters. The third-order valence-corrected chi connectivity index (χ3v) is 5.45. The van der Waals surface area contributed by atoms with Crippen LogP contribution in [0.1, 0.15) is 31.4 Å². The molecule has 2 heterocycles. The average molecular weight is 348 g/mol. The van der Waals surface area contributed by atoms with Gasteiger partial charge < -0.3 is 14.6 Å². The number of anilines is 1. The van der Waals surface area contributed by atoms with Gasteiger partial charge in [0.25, 0.3) is 0 Å². The van der Waals surface area contributed by atoms with Crippen LogP contribution in [0.15, 0.2) is 48.7 Å². The number of para-hydroxylation sites is 1. The van der Waals surface area contributed by atoms with E-state index in [0.29, 0.717) is 0 Å². The van der Waals surface area contributed by atoms with Crippen LogP contribution >= 0.6 is 0 Å². The lowest BCUT2D eigenvalue weighted by molar-refractivity contribution is -0.123. The van der Waals surface area contributed by atoms with Crippen molar-refractivity contribution in [3.63, 3.8) is 0 Å². The molecule has 0 atom stereocenters. The van der Waals surface area contributed by atoms with E-state index in [-0.39, 0.29) is 5.91 Å². The Labute approximate surface area is 153 Å². The molecule has 0 fully saturated rings. The van der Waals surface area contributed by atoms with Crippen molar-refractivity contribution in [1.29, 1.82) is 0 Å². The van der Waals surface area contributed by atoms with Crippen molar-refractivity contribution in [2.75, 3.05) is 18.6 Å². The van der Waals surface area contributed by atoms with Gasteiger partial charge in [-0.15, -0.1) is 0 Å². The van der Waals surface area contributed by atoms with Gasteiger partial charge in [-0.3, -0.25) is 4.79 Å². The summed E-state index contributed by atoms with van der Waals surface area (Å²) < 4.78 is 5.37. The number of nitrogens with one attached hydrogen (secondary N) is 1. The number of aryl methyl sites for hydroxylation is 1. The first-order valence-corrected chi connectivity index (χ1v) is 9.08. The van der Waals surface area contributed by atoms with Gasteiger partial charge in [-0.2, -0.15) is 0 Å². The summed E-state index contributed by atoms with van der Waals surface area (Å²) in [6, 6.07) is 14.2. The maximum atomic E-state index is 13.6. The molecule has 0 saturated carbocycles. The molecule has 4 rings (SSSR count). The van der Waals surface area contributed by atoms with E-state index in [1.165, 1.54) is 5.56 Å². The Morgan fingerprint density at radius 2 is 2.00 bits per heavy atom. The van der Waals surface area contributed by atoms with Crippen molar-refractivity contribution >= 4 is 22.5 Å². The number of amides is 1. The fourth-order valence-corrected chi connectivity index (χ4v) is 3.94. The highest BCUT2D eigenvalue weighted by molar-refractivity contribution is 6.04. The second kappa shape index (κ2) is 6.20. The molecule has 0 spiro atoms. The molecule has 2 aromatic carbocycles. The summed E-state index contributed by atoms with van der Waals surface area (Å²) in [7, 11) is 1.66. The highest BCUT2D eigenvalue weighted by Gasteiger charge is 2.37. The van der Waals surface area contributed by atoms with Crippen molar-refractivity contribution in [2.45, 2.75) is 32.1 Å². The van der Waals surface area contributed by atoms with Gasteiger partial charge in [0.1, 0.15) is 5.75 Å². The third-order valence-electron chi connectivity index (χ3n) is 5.45. The molecule has 0 radical (unpaired) electrons. The second-order valence-corrected chi connectivity index (χ2v) is 7.43. The molecular formula is C22H24N2O2. The fourth-order valence-electron chi connectivity index (χ4n) is 3.94. The van der Waals surface area contributed by atoms with Crippen LogP contribution in [0.3, 0.4) is 0 Å². The van der Waals surface area contributed by atoms with Crippen LogP contribution in [-0.4, -0.2) is 24.5 Å². The number of fused-ring (bicyclic) bond motifs is 2. The van der Waals surface area contributed by atoms with E-state index in [4.69, 9.17) is 4.74 Å². The second-order valence-electron chi connectivity index (χ2n) is 7.43. The number of carbonyl (C=O) groups excluding carboxylic acids is 1. The van der Waals surface area contributed by atoms with Crippen LogP contribution in [0.2, 0.25) is 0 Å². The van der Waals surface area contributed by atoms with Crippen molar-refractivity contribution in [3.8, 4) is 5.75 Å². The van der Waals surface area contributed by atoms with E-state index in [1.807, 2.05) is 55.3 Å². The number of benzene rings is 2. The SMILES string of the molecule is COc1ccc2[nH]cc(C(C)(C)C(=O)N3CCCc4ccccc43)c2c1. The molecule has 1 aliphatic rings. The highest BCUT2D eigenvalue weighted by Crippen LogP contribution is 2.37. The van der Waals surface area contributed by atoms with Crippen LogP contribution in [0, 0.1) is 0 Å². The number of nitrogens with zero attached hydrogens (tertiary/aromatic N) is 1. The largest absolute Gasteiger partial charge is 0.497 e. The van der Waals surface area contributed by atoms with Crippen molar-refractivity contribution in [2.24, 2.45) is 0 Å². The number of aromatic amines is 1. The topological polar surface area (TPSA) is 45.3 Å². The lowest BCUT2D eigenvalue weighted by atomic mass is 9.82. The van der Waals surface area contributed by atoms with Gasteiger partial charge in [0, 0.05) is 29.3 Å². The first kappa shape index (κ1) is 16.7. The monoisotopic (exact) mass is 348 g/mol. The molecule has 0 saturated heterocycles. The number of methoxy groups -OCH3 is 1. The number of hydrogen-bond acceptors (Lipinski definition) is 2. The Hall–Kier alpha value is -2.75. The molecule has 1 aliphatic heterocycles. The van der Waals surface area contributed by atoms with Crippen LogP contribution in [0.5, 0.6) is 5.75 Å². The van der Waals surface area contributed by atoms with Gasteiger partial charge in [-0.25, -0.2) is 0 Å². The van der Waals surface area contributed by atoms with E-state index in [9.17, 15) is 4.79 Å². The Morgan fingerprint density at radius 1 is 1.19 bits per heavy atom. The van der Waals surface area contributed by atoms with Gasteiger partial charge in [0.15, 0.2) is 0 Å². The summed E-state index contributed by atoms with van der Waals surface area (Å²) in [4.78, 5) is 18.8. The predicted molar refractivity (Wildman–Crippen MR) is 105 cm³/mol. The molecule has 3 aromatic rings. The summed E-state index contributed by atoms with van der Waals surface area (Å²) in [5.41, 5.74) is 3.67. The summed E-state index contributed by atoms with van der Waals surface area (Å²) >= 11 is 0. The van der Waals surface area contributed by atoms with Crippen LogP contribution in [0.25, 0.3) is 10.9 Å². The minimum Gasteiger partial charge on any atom is -0.497 e. The molecule has 0 aliphatic carbocycles. The zero-order valence-corrected chi connectivity index (χ0v) is 15.5. The number of rotatable bonds is 3. The lowest BCUT2D eigenvalue weighted by Gasteiger charge is -2.35.